The SMILES string of the molecule is CCCNC(COc1cc(F)ccc1C)C1CCCCC1. The average Bonchev–Trinajstić information content (AvgIpc) is 2.51. The molecule has 2 rings (SSSR count). The third kappa shape index (κ3) is 4.99. The minimum absolute atomic E-state index is 0.230. The minimum atomic E-state index is -0.230. The minimum Gasteiger partial charge on any atom is -0.492 e. The van der Waals surface area contributed by atoms with E-state index >= 15 is 0 Å². The first-order valence-electron chi connectivity index (χ1n) is 8.33. The lowest BCUT2D eigenvalue weighted by Gasteiger charge is -2.31. The van der Waals surface area contributed by atoms with Gasteiger partial charge in [0.25, 0.3) is 0 Å². The standard InChI is InChI=1S/C18H28FNO/c1-3-11-20-17(15-7-5-4-6-8-15)13-21-18-12-16(19)10-9-14(18)2/h9-10,12,15,17,20H,3-8,11,13H2,1-2H3. The molecule has 1 saturated carbocycles. The van der Waals surface area contributed by atoms with Crippen LogP contribution in [0.25, 0.3) is 0 Å². The first-order valence-corrected chi connectivity index (χ1v) is 8.33. The molecule has 1 aromatic rings. The van der Waals surface area contributed by atoms with Gasteiger partial charge in [-0.25, -0.2) is 4.39 Å². The number of rotatable bonds is 7. The van der Waals surface area contributed by atoms with Crippen LogP contribution in [-0.4, -0.2) is 19.2 Å². The summed E-state index contributed by atoms with van der Waals surface area (Å²) in [6, 6.07) is 5.14. The summed E-state index contributed by atoms with van der Waals surface area (Å²) in [5.41, 5.74) is 0.995. The Hall–Kier alpha value is -1.09. The number of hydrogen-bond acceptors (Lipinski definition) is 2. The van der Waals surface area contributed by atoms with E-state index < -0.39 is 0 Å². The highest BCUT2D eigenvalue weighted by Crippen LogP contribution is 2.27. The third-order valence-corrected chi connectivity index (χ3v) is 4.44. The van der Waals surface area contributed by atoms with Crippen LogP contribution in [0.4, 0.5) is 4.39 Å². The van der Waals surface area contributed by atoms with E-state index in [-0.39, 0.29) is 5.82 Å². The summed E-state index contributed by atoms with van der Waals surface area (Å²) in [6.07, 6.45) is 7.71. The van der Waals surface area contributed by atoms with Gasteiger partial charge in [0.05, 0.1) is 0 Å². The van der Waals surface area contributed by atoms with E-state index in [2.05, 4.69) is 12.2 Å². The van der Waals surface area contributed by atoms with Gasteiger partial charge >= 0.3 is 0 Å². The average molecular weight is 293 g/mol. The predicted octanol–water partition coefficient (Wildman–Crippen LogP) is 4.46. The van der Waals surface area contributed by atoms with Gasteiger partial charge < -0.3 is 10.1 Å². The van der Waals surface area contributed by atoms with Crippen LogP contribution in [-0.2, 0) is 0 Å². The van der Waals surface area contributed by atoms with Crippen LogP contribution in [0, 0.1) is 18.7 Å². The lowest BCUT2D eigenvalue weighted by molar-refractivity contribution is 0.185. The van der Waals surface area contributed by atoms with Crippen molar-refractivity contribution in [2.24, 2.45) is 5.92 Å². The van der Waals surface area contributed by atoms with Crippen molar-refractivity contribution in [2.75, 3.05) is 13.2 Å². The lowest BCUT2D eigenvalue weighted by Crippen LogP contribution is -2.42. The molecule has 0 aliphatic heterocycles. The number of ether oxygens (including phenoxy) is 1. The van der Waals surface area contributed by atoms with Crippen LogP contribution >= 0.6 is 0 Å². The van der Waals surface area contributed by atoms with Crippen LogP contribution in [0.15, 0.2) is 18.2 Å². The Labute approximate surface area is 128 Å². The monoisotopic (exact) mass is 293 g/mol. The largest absolute Gasteiger partial charge is 0.492 e. The Morgan fingerprint density at radius 2 is 2.05 bits per heavy atom. The van der Waals surface area contributed by atoms with Gasteiger partial charge in [0, 0.05) is 12.1 Å². The molecule has 21 heavy (non-hydrogen) atoms. The zero-order valence-corrected chi connectivity index (χ0v) is 13.3. The Morgan fingerprint density at radius 1 is 1.29 bits per heavy atom. The molecule has 0 heterocycles. The molecule has 0 saturated heterocycles. The lowest BCUT2D eigenvalue weighted by atomic mass is 9.84. The van der Waals surface area contributed by atoms with Gasteiger partial charge in [-0.2, -0.15) is 0 Å². The molecule has 0 aromatic heterocycles. The highest BCUT2D eigenvalue weighted by atomic mass is 19.1. The number of benzene rings is 1. The highest BCUT2D eigenvalue weighted by molar-refractivity contribution is 5.32. The molecule has 1 fully saturated rings. The molecule has 1 aromatic carbocycles. The second-order valence-corrected chi connectivity index (χ2v) is 6.18. The third-order valence-electron chi connectivity index (χ3n) is 4.44. The van der Waals surface area contributed by atoms with Gasteiger partial charge in [-0.15, -0.1) is 0 Å². The summed E-state index contributed by atoms with van der Waals surface area (Å²) in [4.78, 5) is 0. The molecule has 2 nitrogen and oxygen atoms in total. The van der Waals surface area contributed by atoms with Crippen LogP contribution in [0.2, 0.25) is 0 Å². The van der Waals surface area contributed by atoms with Gasteiger partial charge in [0.1, 0.15) is 18.2 Å². The van der Waals surface area contributed by atoms with Gasteiger partial charge in [-0.3, -0.25) is 0 Å². The Morgan fingerprint density at radius 3 is 2.76 bits per heavy atom. The molecule has 0 amide bonds. The number of aryl methyl sites for hydroxylation is 1. The highest BCUT2D eigenvalue weighted by Gasteiger charge is 2.23. The smallest absolute Gasteiger partial charge is 0.126 e. The summed E-state index contributed by atoms with van der Waals surface area (Å²) in [6.45, 7) is 5.80. The molecule has 1 unspecified atom stereocenters. The molecule has 118 valence electrons. The predicted molar refractivity (Wildman–Crippen MR) is 85.3 cm³/mol. The zero-order chi connectivity index (χ0) is 15.1. The Bertz CT molecular complexity index is 429. The van der Waals surface area contributed by atoms with E-state index in [4.69, 9.17) is 4.74 Å². The van der Waals surface area contributed by atoms with E-state index in [1.54, 1.807) is 6.07 Å². The molecule has 3 heteroatoms. The number of nitrogens with one attached hydrogen (secondary N) is 1. The van der Waals surface area contributed by atoms with Gasteiger partial charge in [0.15, 0.2) is 0 Å². The fraction of sp³-hybridized carbons (Fsp3) is 0.667. The summed E-state index contributed by atoms with van der Waals surface area (Å²) in [5.74, 6) is 1.14. The van der Waals surface area contributed by atoms with Crippen molar-refractivity contribution in [3.8, 4) is 5.75 Å². The maximum Gasteiger partial charge on any atom is 0.126 e. The maximum absolute atomic E-state index is 13.3. The Balaban J connectivity index is 1.95. The van der Waals surface area contributed by atoms with E-state index in [9.17, 15) is 4.39 Å². The fourth-order valence-corrected chi connectivity index (χ4v) is 3.14. The first-order chi connectivity index (χ1) is 10.2. The second-order valence-electron chi connectivity index (χ2n) is 6.18. The van der Waals surface area contributed by atoms with Gasteiger partial charge in [-0.05, 0) is 50.3 Å². The normalized spacial score (nSPS) is 17.7. The summed E-state index contributed by atoms with van der Waals surface area (Å²) in [7, 11) is 0. The molecule has 1 atom stereocenters. The van der Waals surface area contributed by atoms with Crippen molar-refractivity contribution < 1.29 is 9.13 Å². The maximum atomic E-state index is 13.3. The topological polar surface area (TPSA) is 21.3 Å². The molecule has 0 bridgehead atoms. The van der Waals surface area contributed by atoms with Crippen molar-refractivity contribution in [3.63, 3.8) is 0 Å². The molecular weight excluding hydrogens is 265 g/mol. The quantitative estimate of drug-likeness (QED) is 0.801. The second kappa shape index (κ2) is 8.38. The molecule has 0 radical (unpaired) electrons. The molecule has 1 aliphatic carbocycles. The van der Waals surface area contributed by atoms with Crippen molar-refractivity contribution in [1.82, 2.24) is 5.32 Å². The van der Waals surface area contributed by atoms with Crippen LogP contribution in [0.3, 0.4) is 0 Å². The van der Waals surface area contributed by atoms with Crippen molar-refractivity contribution >= 4 is 0 Å². The van der Waals surface area contributed by atoms with E-state index in [0.717, 1.165) is 18.5 Å². The summed E-state index contributed by atoms with van der Waals surface area (Å²) in [5, 5.41) is 3.62. The van der Waals surface area contributed by atoms with Crippen molar-refractivity contribution in [2.45, 2.75) is 58.4 Å². The summed E-state index contributed by atoms with van der Waals surface area (Å²) >= 11 is 0. The molecule has 0 spiro atoms. The van der Waals surface area contributed by atoms with E-state index in [1.807, 2.05) is 6.92 Å². The fourth-order valence-electron chi connectivity index (χ4n) is 3.14. The van der Waals surface area contributed by atoms with Gasteiger partial charge in [-0.1, -0.05) is 32.3 Å². The number of hydrogen-bond donors (Lipinski definition) is 1. The van der Waals surface area contributed by atoms with Crippen molar-refractivity contribution in [3.05, 3.63) is 29.6 Å². The molecule has 1 aliphatic rings. The van der Waals surface area contributed by atoms with Crippen LogP contribution in [0.5, 0.6) is 5.75 Å². The molecule has 1 N–H and O–H groups in total. The van der Waals surface area contributed by atoms with E-state index in [1.165, 1.54) is 44.2 Å². The van der Waals surface area contributed by atoms with Crippen molar-refractivity contribution in [1.29, 1.82) is 0 Å². The molecular formula is C18H28FNO. The zero-order valence-electron chi connectivity index (χ0n) is 13.3. The van der Waals surface area contributed by atoms with E-state index in [0.29, 0.717) is 24.3 Å². The van der Waals surface area contributed by atoms with Gasteiger partial charge in [0.2, 0.25) is 0 Å². The summed E-state index contributed by atoms with van der Waals surface area (Å²) < 4.78 is 19.3. The van der Waals surface area contributed by atoms with Crippen LogP contribution in [0.1, 0.15) is 51.0 Å². The first kappa shape index (κ1) is 16.3. The number of halogens is 1. The Kier molecular flexibility index (Phi) is 6.50. The van der Waals surface area contributed by atoms with Crippen LogP contribution < -0.4 is 10.1 Å².